The van der Waals surface area contributed by atoms with Gasteiger partial charge < -0.3 is 4.74 Å². The van der Waals surface area contributed by atoms with Crippen LogP contribution in [0.5, 0.6) is 0 Å². The summed E-state index contributed by atoms with van der Waals surface area (Å²) in [4.78, 5) is 39.0. The molecule has 170 valence electrons. The predicted octanol–water partition coefficient (Wildman–Crippen LogP) is 2.99. The standard InChI is InChI=1S/C22H26BrN5O3S/c1-15-16(2)24-14-27(21(15)30)13-20(29)28(7-3-6-26-8-10-31-11-9-26)22-25-18-5-4-17(23)12-19(18)32-22/h4-5,12,14H,3,6-11,13H2,1-2H3. The van der Waals surface area contributed by atoms with E-state index in [4.69, 9.17) is 9.72 Å². The first-order valence-electron chi connectivity index (χ1n) is 10.6. The minimum Gasteiger partial charge on any atom is -0.379 e. The van der Waals surface area contributed by atoms with Gasteiger partial charge >= 0.3 is 0 Å². The number of benzene rings is 1. The van der Waals surface area contributed by atoms with Gasteiger partial charge in [0.05, 0.1) is 29.8 Å². The lowest BCUT2D eigenvalue weighted by atomic mass is 10.2. The van der Waals surface area contributed by atoms with Crippen molar-refractivity contribution in [2.45, 2.75) is 26.8 Å². The summed E-state index contributed by atoms with van der Waals surface area (Å²) in [5.41, 5.74) is 1.90. The summed E-state index contributed by atoms with van der Waals surface area (Å²) in [6.07, 6.45) is 2.26. The molecule has 10 heteroatoms. The number of carbonyl (C=O) groups excluding carboxylic acids is 1. The maximum absolute atomic E-state index is 13.3. The van der Waals surface area contributed by atoms with Crippen molar-refractivity contribution >= 4 is 48.5 Å². The molecule has 0 saturated carbocycles. The molecule has 0 atom stereocenters. The minimum absolute atomic E-state index is 0.0653. The molecule has 8 nitrogen and oxygen atoms in total. The summed E-state index contributed by atoms with van der Waals surface area (Å²) in [6.45, 7) is 8.19. The van der Waals surface area contributed by atoms with Gasteiger partial charge in [-0.2, -0.15) is 0 Å². The molecule has 3 aromatic rings. The molecule has 0 N–H and O–H groups in total. The Labute approximate surface area is 199 Å². The highest BCUT2D eigenvalue weighted by Crippen LogP contribution is 2.31. The zero-order valence-corrected chi connectivity index (χ0v) is 20.6. The third kappa shape index (κ3) is 5.25. The number of ether oxygens (including phenoxy) is 1. The van der Waals surface area contributed by atoms with Crippen LogP contribution in [0.1, 0.15) is 17.7 Å². The number of amides is 1. The van der Waals surface area contributed by atoms with Gasteiger partial charge in [0.1, 0.15) is 6.54 Å². The molecule has 0 unspecified atom stereocenters. The van der Waals surface area contributed by atoms with Crippen LogP contribution in [0.2, 0.25) is 0 Å². The molecule has 0 aliphatic carbocycles. The lowest BCUT2D eigenvalue weighted by Gasteiger charge is -2.27. The number of thiazole rings is 1. The van der Waals surface area contributed by atoms with E-state index in [0.29, 0.717) is 22.9 Å². The molecule has 32 heavy (non-hydrogen) atoms. The SMILES string of the molecule is Cc1ncn(CC(=O)N(CCCN2CCOCC2)c2nc3ccc(Br)cc3s2)c(=O)c1C. The van der Waals surface area contributed by atoms with Gasteiger partial charge in [0.2, 0.25) is 5.91 Å². The van der Waals surface area contributed by atoms with Crippen LogP contribution in [-0.4, -0.2) is 64.7 Å². The molecule has 1 fully saturated rings. The van der Waals surface area contributed by atoms with Crippen molar-refractivity contribution in [3.05, 3.63) is 50.6 Å². The van der Waals surface area contributed by atoms with Crippen LogP contribution in [0, 0.1) is 13.8 Å². The van der Waals surface area contributed by atoms with Gasteiger partial charge in [0.25, 0.3) is 5.56 Å². The zero-order chi connectivity index (χ0) is 22.7. The summed E-state index contributed by atoms with van der Waals surface area (Å²) in [6, 6.07) is 5.88. The Bertz CT molecular complexity index is 1170. The van der Waals surface area contributed by atoms with E-state index in [2.05, 4.69) is 25.8 Å². The number of hydrogen-bond donors (Lipinski definition) is 0. The maximum Gasteiger partial charge on any atom is 0.256 e. The van der Waals surface area contributed by atoms with E-state index in [-0.39, 0.29) is 18.0 Å². The van der Waals surface area contributed by atoms with Crippen molar-refractivity contribution in [3.63, 3.8) is 0 Å². The number of anilines is 1. The fourth-order valence-corrected chi connectivity index (χ4v) is 5.19. The predicted molar refractivity (Wildman–Crippen MR) is 130 cm³/mol. The Kier molecular flexibility index (Phi) is 7.34. The largest absolute Gasteiger partial charge is 0.379 e. The molecule has 0 bridgehead atoms. The fourth-order valence-electron chi connectivity index (χ4n) is 3.63. The highest BCUT2D eigenvalue weighted by Gasteiger charge is 2.22. The third-order valence-electron chi connectivity index (χ3n) is 5.65. The van der Waals surface area contributed by atoms with E-state index < -0.39 is 0 Å². The molecule has 1 amide bonds. The molecule has 0 radical (unpaired) electrons. The van der Waals surface area contributed by atoms with Crippen molar-refractivity contribution < 1.29 is 9.53 Å². The van der Waals surface area contributed by atoms with Crippen molar-refractivity contribution in [1.29, 1.82) is 0 Å². The number of aromatic nitrogens is 3. The Morgan fingerprint density at radius 3 is 2.84 bits per heavy atom. The molecule has 3 heterocycles. The van der Waals surface area contributed by atoms with Gasteiger partial charge in [-0.1, -0.05) is 27.3 Å². The Morgan fingerprint density at radius 2 is 2.06 bits per heavy atom. The van der Waals surface area contributed by atoms with Gasteiger partial charge in [0.15, 0.2) is 5.13 Å². The highest BCUT2D eigenvalue weighted by atomic mass is 79.9. The second-order valence-corrected chi connectivity index (χ2v) is 9.77. The molecule has 1 saturated heterocycles. The third-order valence-corrected chi connectivity index (χ3v) is 7.19. The molecule has 0 spiro atoms. The average molecular weight is 520 g/mol. The van der Waals surface area contributed by atoms with E-state index in [1.54, 1.807) is 18.7 Å². The van der Waals surface area contributed by atoms with Gasteiger partial charge in [-0.05, 0) is 38.5 Å². The smallest absolute Gasteiger partial charge is 0.256 e. The van der Waals surface area contributed by atoms with Crippen molar-refractivity contribution in [3.8, 4) is 0 Å². The topological polar surface area (TPSA) is 80.6 Å². The number of nitrogens with zero attached hydrogens (tertiary/aromatic N) is 5. The zero-order valence-electron chi connectivity index (χ0n) is 18.2. The summed E-state index contributed by atoms with van der Waals surface area (Å²) >= 11 is 4.98. The number of halogens is 1. The number of morpholine rings is 1. The second-order valence-electron chi connectivity index (χ2n) is 7.85. The van der Waals surface area contributed by atoms with Crippen LogP contribution < -0.4 is 10.5 Å². The Hall–Kier alpha value is -2.14. The fraction of sp³-hybridized carbons (Fsp3) is 0.455. The van der Waals surface area contributed by atoms with Gasteiger partial charge in [-0.15, -0.1) is 0 Å². The van der Waals surface area contributed by atoms with Crippen LogP contribution in [-0.2, 0) is 16.1 Å². The minimum atomic E-state index is -0.188. The summed E-state index contributed by atoms with van der Waals surface area (Å²) in [5, 5.41) is 0.648. The molecular formula is C22H26BrN5O3S. The van der Waals surface area contributed by atoms with Crippen molar-refractivity contribution in [2.24, 2.45) is 0 Å². The molecule has 1 aromatic carbocycles. The number of carbonyl (C=O) groups is 1. The highest BCUT2D eigenvalue weighted by molar-refractivity contribution is 9.10. The first kappa shape index (κ1) is 23.0. The normalized spacial score (nSPS) is 14.7. The molecule has 4 rings (SSSR count). The average Bonchev–Trinajstić information content (AvgIpc) is 3.20. The number of rotatable bonds is 7. The molecule has 1 aliphatic rings. The van der Waals surface area contributed by atoms with E-state index in [1.807, 2.05) is 18.2 Å². The summed E-state index contributed by atoms with van der Waals surface area (Å²) < 4.78 is 8.77. The maximum atomic E-state index is 13.3. The van der Waals surface area contributed by atoms with E-state index in [0.717, 1.165) is 54.0 Å². The van der Waals surface area contributed by atoms with Gasteiger partial charge in [0, 0.05) is 41.9 Å². The lowest BCUT2D eigenvalue weighted by molar-refractivity contribution is -0.119. The van der Waals surface area contributed by atoms with Crippen LogP contribution in [0.4, 0.5) is 5.13 Å². The van der Waals surface area contributed by atoms with E-state index in [9.17, 15) is 9.59 Å². The molecule has 1 aliphatic heterocycles. The summed E-state index contributed by atoms with van der Waals surface area (Å²) in [7, 11) is 0. The quantitative estimate of drug-likeness (QED) is 0.477. The first-order valence-corrected chi connectivity index (χ1v) is 12.2. The lowest BCUT2D eigenvalue weighted by Crippen LogP contribution is -2.41. The summed E-state index contributed by atoms with van der Waals surface area (Å²) in [5.74, 6) is -0.169. The second kappa shape index (κ2) is 10.2. The van der Waals surface area contributed by atoms with Crippen LogP contribution in [0.3, 0.4) is 0 Å². The van der Waals surface area contributed by atoms with E-state index in [1.165, 1.54) is 22.2 Å². The van der Waals surface area contributed by atoms with E-state index >= 15 is 0 Å². The van der Waals surface area contributed by atoms with Gasteiger partial charge in [-0.3, -0.25) is 24.0 Å². The Balaban J connectivity index is 1.56. The monoisotopic (exact) mass is 519 g/mol. The van der Waals surface area contributed by atoms with Crippen molar-refractivity contribution in [2.75, 3.05) is 44.3 Å². The molecule has 2 aromatic heterocycles. The first-order chi connectivity index (χ1) is 15.4. The molecular weight excluding hydrogens is 494 g/mol. The van der Waals surface area contributed by atoms with Crippen molar-refractivity contribution in [1.82, 2.24) is 19.4 Å². The number of hydrogen-bond acceptors (Lipinski definition) is 7. The van der Waals surface area contributed by atoms with Gasteiger partial charge in [-0.25, -0.2) is 9.97 Å². The number of aryl methyl sites for hydroxylation is 1. The van der Waals surface area contributed by atoms with Crippen LogP contribution in [0.15, 0.2) is 33.8 Å². The Morgan fingerprint density at radius 1 is 1.28 bits per heavy atom. The van der Waals surface area contributed by atoms with Crippen LogP contribution >= 0.6 is 27.3 Å². The van der Waals surface area contributed by atoms with Crippen LogP contribution in [0.25, 0.3) is 10.2 Å². The number of fused-ring (bicyclic) bond motifs is 1.